The molecular weight excluding hydrogens is 458 g/mol. The Kier molecular flexibility index (Phi) is 8.19. The lowest BCUT2D eigenvalue weighted by molar-refractivity contribution is 0.127. The average Bonchev–Trinajstić information content (AvgIpc) is 2.91. The van der Waals surface area contributed by atoms with Gasteiger partial charge in [0.1, 0.15) is 24.1 Å². The van der Waals surface area contributed by atoms with Crippen molar-refractivity contribution in [1.82, 2.24) is 4.98 Å². The van der Waals surface area contributed by atoms with Gasteiger partial charge in [-0.05, 0) is 16.7 Å². The lowest BCUT2D eigenvalue weighted by atomic mass is 9.94. The highest BCUT2D eigenvalue weighted by Crippen LogP contribution is 2.46. The van der Waals surface area contributed by atoms with Gasteiger partial charge in [0.25, 0.3) is 0 Å². The number of nitrogens with zero attached hydrogens (tertiary/aromatic N) is 1. The third-order valence-corrected chi connectivity index (χ3v) is 6.05. The number of aliphatic hydroxyl groups excluding tert-OH is 1. The lowest BCUT2D eigenvalue weighted by Crippen LogP contribution is -2.14. The largest absolute Gasteiger partial charge is 0.488 e. The van der Waals surface area contributed by atoms with E-state index in [0.29, 0.717) is 23.5 Å². The van der Waals surface area contributed by atoms with Gasteiger partial charge in [-0.15, -0.1) is 6.58 Å². The van der Waals surface area contributed by atoms with Crippen LogP contribution in [-0.4, -0.2) is 10.1 Å². The minimum atomic E-state index is -0.962. The average molecular weight is 486 g/mol. The normalized spacial score (nSPS) is 12.5. The van der Waals surface area contributed by atoms with Crippen LogP contribution in [0.1, 0.15) is 29.7 Å². The third kappa shape index (κ3) is 5.91. The fourth-order valence-corrected chi connectivity index (χ4v) is 4.03. The molecule has 0 bridgehead atoms. The molecule has 0 saturated carbocycles. The van der Waals surface area contributed by atoms with Crippen LogP contribution in [0.4, 0.5) is 0 Å². The molecule has 0 saturated heterocycles. The highest BCUT2D eigenvalue weighted by atomic mass is 35.5. The molecule has 0 amide bonds. The Morgan fingerprint density at radius 3 is 1.91 bits per heavy atom. The molecule has 4 aromatic rings. The molecule has 178 valence electrons. The Hall–Kier alpha value is -3.60. The van der Waals surface area contributed by atoms with E-state index in [9.17, 15) is 5.11 Å². The molecule has 4 rings (SSSR count). The Morgan fingerprint density at radius 2 is 1.37 bits per heavy atom. The monoisotopic (exact) mass is 485 g/mol. The van der Waals surface area contributed by atoms with Crippen molar-refractivity contribution in [3.05, 3.63) is 125 Å². The molecule has 4 nitrogen and oxygen atoms in total. The topological polar surface area (TPSA) is 51.6 Å². The van der Waals surface area contributed by atoms with Crippen molar-refractivity contribution in [2.45, 2.75) is 26.2 Å². The van der Waals surface area contributed by atoms with E-state index < -0.39 is 6.10 Å². The molecule has 5 heteroatoms. The number of aliphatic hydroxyl groups is 1. The molecule has 1 N–H and O–H groups in total. The lowest BCUT2D eigenvalue weighted by Gasteiger charge is -2.25. The number of rotatable bonds is 10. The number of hydrogen-bond donors (Lipinski definition) is 1. The van der Waals surface area contributed by atoms with Crippen molar-refractivity contribution in [1.29, 1.82) is 0 Å². The summed E-state index contributed by atoms with van der Waals surface area (Å²) in [4.78, 5) is 4.59. The molecule has 35 heavy (non-hydrogen) atoms. The fraction of sp³-hybridized carbons (Fsp3) is 0.167. The standard InChI is InChI=1S/C30H28ClNO3/c1-3-21(2)27(33)26-28(34-19-22-13-7-4-8-14-22)25(24-17-11-6-12-18-24)29(31)32-30(26)35-20-23-15-9-5-10-16-23/h3-18,21,27,33H,1,19-20H2,2H3/t21-,27-/m1/s1. The summed E-state index contributed by atoms with van der Waals surface area (Å²) in [5.41, 5.74) is 3.86. The van der Waals surface area contributed by atoms with Gasteiger partial charge in [-0.1, -0.05) is 116 Å². The molecule has 0 aliphatic rings. The number of pyridine rings is 1. The van der Waals surface area contributed by atoms with Crippen LogP contribution in [0.3, 0.4) is 0 Å². The molecular formula is C30H28ClNO3. The van der Waals surface area contributed by atoms with Gasteiger partial charge < -0.3 is 14.6 Å². The molecule has 0 spiro atoms. The van der Waals surface area contributed by atoms with Gasteiger partial charge in [0.15, 0.2) is 0 Å². The maximum atomic E-state index is 11.4. The van der Waals surface area contributed by atoms with E-state index in [2.05, 4.69) is 11.6 Å². The van der Waals surface area contributed by atoms with E-state index in [4.69, 9.17) is 21.1 Å². The maximum absolute atomic E-state index is 11.4. The SMILES string of the molecule is C=C[C@@H](C)[C@@H](O)c1c(OCc2ccccc2)nc(Cl)c(-c2ccccc2)c1OCc1ccccc1. The zero-order valence-corrected chi connectivity index (χ0v) is 20.4. The van der Waals surface area contributed by atoms with E-state index in [1.165, 1.54) is 0 Å². The minimum absolute atomic E-state index is 0.239. The van der Waals surface area contributed by atoms with Gasteiger partial charge >= 0.3 is 0 Å². The van der Waals surface area contributed by atoms with Crippen LogP contribution < -0.4 is 9.47 Å². The van der Waals surface area contributed by atoms with Crippen molar-refractivity contribution in [2.24, 2.45) is 5.92 Å². The van der Waals surface area contributed by atoms with Gasteiger partial charge in [0.05, 0.1) is 17.2 Å². The van der Waals surface area contributed by atoms with Crippen LogP contribution >= 0.6 is 11.6 Å². The van der Waals surface area contributed by atoms with Gasteiger partial charge in [0.2, 0.25) is 5.88 Å². The van der Waals surface area contributed by atoms with Crippen molar-refractivity contribution < 1.29 is 14.6 Å². The van der Waals surface area contributed by atoms with Crippen LogP contribution in [0.25, 0.3) is 11.1 Å². The first-order chi connectivity index (χ1) is 17.1. The van der Waals surface area contributed by atoms with Crippen molar-refractivity contribution >= 4 is 11.6 Å². The predicted molar refractivity (Wildman–Crippen MR) is 141 cm³/mol. The minimum Gasteiger partial charge on any atom is -0.488 e. The summed E-state index contributed by atoms with van der Waals surface area (Å²) in [5, 5.41) is 11.6. The summed E-state index contributed by atoms with van der Waals surface area (Å²) in [6.07, 6.45) is 0.736. The second-order valence-electron chi connectivity index (χ2n) is 8.28. The van der Waals surface area contributed by atoms with Gasteiger partial charge in [-0.3, -0.25) is 0 Å². The van der Waals surface area contributed by atoms with Gasteiger partial charge in [-0.2, -0.15) is 0 Å². The molecule has 0 aliphatic heterocycles. The summed E-state index contributed by atoms with van der Waals surface area (Å²) in [6, 6.07) is 29.3. The Bertz CT molecular complexity index is 1250. The number of aromatic nitrogens is 1. The number of hydrogen-bond acceptors (Lipinski definition) is 4. The molecule has 0 aliphatic carbocycles. The van der Waals surface area contributed by atoms with E-state index in [-0.39, 0.29) is 23.6 Å². The first-order valence-electron chi connectivity index (χ1n) is 11.5. The third-order valence-electron chi connectivity index (χ3n) is 5.78. The molecule has 1 aromatic heterocycles. The zero-order chi connectivity index (χ0) is 24.6. The molecule has 0 radical (unpaired) electrons. The quantitative estimate of drug-likeness (QED) is 0.187. The molecule has 0 fully saturated rings. The highest BCUT2D eigenvalue weighted by molar-refractivity contribution is 6.32. The van der Waals surface area contributed by atoms with Gasteiger partial charge in [0, 0.05) is 5.92 Å². The first-order valence-corrected chi connectivity index (χ1v) is 11.9. The van der Waals surface area contributed by atoms with Crippen LogP contribution in [0.5, 0.6) is 11.6 Å². The first kappa shape index (κ1) is 24.5. The van der Waals surface area contributed by atoms with E-state index in [1.54, 1.807) is 6.08 Å². The summed E-state index contributed by atoms with van der Waals surface area (Å²) in [7, 11) is 0. The van der Waals surface area contributed by atoms with Gasteiger partial charge in [-0.25, -0.2) is 4.98 Å². The van der Waals surface area contributed by atoms with Crippen molar-refractivity contribution in [3.8, 4) is 22.8 Å². The fourth-order valence-electron chi connectivity index (χ4n) is 3.75. The number of benzene rings is 3. The molecule has 0 unspecified atom stereocenters. The van der Waals surface area contributed by atoms with Crippen LogP contribution in [-0.2, 0) is 13.2 Å². The maximum Gasteiger partial charge on any atom is 0.224 e. The Morgan fingerprint density at radius 1 is 0.857 bits per heavy atom. The van der Waals surface area contributed by atoms with E-state index in [1.807, 2.05) is 97.9 Å². The van der Waals surface area contributed by atoms with Crippen molar-refractivity contribution in [3.63, 3.8) is 0 Å². The van der Waals surface area contributed by atoms with Crippen LogP contribution in [0.15, 0.2) is 104 Å². The van der Waals surface area contributed by atoms with Crippen molar-refractivity contribution in [2.75, 3.05) is 0 Å². The second kappa shape index (κ2) is 11.7. The number of ether oxygens (including phenoxy) is 2. The highest BCUT2D eigenvalue weighted by Gasteiger charge is 2.30. The van der Waals surface area contributed by atoms with Crippen LogP contribution in [0.2, 0.25) is 5.15 Å². The zero-order valence-electron chi connectivity index (χ0n) is 19.6. The second-order valence-corrected chi connectivity index (χ2v) is 8.64. The summed E-state index contributed by atoms with van der Waals surface area (Å²) >= 11 is 6.75. The predicted octanol–water partition coefficient (Wildman–Crippen LogP) is 7.42. The van der Waals surface area contributed by atoms with E-state index >= 15 is 0 Å². The summed E-state index contributed by atoms with van der Waals surface area (Å²) < 4.78 is 12.5. The molecule has 1 heterocycles. The summed E-state index contributed by atoms with van der Waals surface area (Å²) in [5.74, 6) is 0.409. The van der Waals surface area contributed by atoms with Crippen LogP contribution in [0, 0.1) is 5.92 Å². The van der Waals surface area contributed by atoms with E-state index in [0.717, 1.165) is 16.7 Å². The smallest absolute Gasteiger partial charge is 0.224 e. The molecule has 3 aromatic carbocycles. The number of halogens is 1. The molecule has 2 atom stereocenters. The Balaban J connectivity index is 1.85. The Labute approximate surface area is 211 Å². The summed E-state index contributed by atoms with van der Waals surface area (Å²) in [6.45, 7) is 6.32.